The Hall–Kier alpha value is -1.12. The van der Waals surface area contributed by atoms with Crippen LogP contribution < -0.4 is 0 Å². The lowest BCUT2D eigenvalue weighted by atomic mass is 10.2. The van der Waals surface area contributed by atoms with Crippen LogP contribution in [0.3, 0.4) is 0 Å². The van der Waals surface area contributed by atoms with Gasteiger partial charge >= 0.3 is 16.4 Å². The molecule has 15 heavy (non-hydrogen) atoms. The zero-order valence-electron chi connectivity index (χ0n) is 7.18. The number of nitrogens with zero attached hydrogens (tertiary/aromatic N) is 1. The Morgan fingerprint density at radius 3 is 2.47 bits per heavy atom. The van der Waals surface area contributed by atoms with Crippen LogP contribution >= 0.6 is 0 Å². The minimum absolute atomic E-state index is 0.372. The maximum absolute atomic E-state index is 12.2. The predicted molar refractivity (Wildman–Crippen MR) is 42.2 cm³/mol. The van der Waals surface area contributed by atoms with Crippen molar-refractivity contribution in [2.24, 2.45) is 0 Å². The smallest absolute Gasteiger partial charge is 0.273 e. The minimum atomic E-state index is -4.77. The van der Waals surface area contributed by atoms with E-state index in [2.05, 4.69) is 5.10 Å². The molecule has 0 amide bonds. The van der Waals surface area contributed by atoms with Gasteiger partial charge in [0.05, 0.1) is 11.9 Å². The van der Waals surface area contributed by atoms with Gasteiger partial charge in [0.2, 0.25) is 0 Å². The lowest BCUT2D eigenvalue weighted by Crippen LogP contribution is -2.11. The van der Waals surface area contributed by atoms with Gasteiger partial charge in [0.1, 0.15) is 5.69 Å². The van der Waals surface area contributed by atoms with E-state index >= 15 is 0 Å². The summed E-state index contributed by atoms with van der Waals surface area (Å²) in [5.41, 5.74) is -1.52. The summed E-state index contributed by atoms with van der Waals surface area (Å²) in [6.07, 6.45) is -4.38. The molecule has 1 N–H and O–H groups in total. The van der Waals surface area contributed by atoms with E-state index < -0.39 is 34.3 Å². The Kier molecular flexibility index (Phi) is 3.03. The van der Waals surface area contributed by atoms with Crippen molar-refractivity contribution >= 4 is 10.2 Å². The third-order valence-corrected chi connectivity index (χ3v) is 2.31. The van der Waals surface area contributed by atoms with Crippen molar-refractivity contribution in [3.05, 3.63) is 17.5 Å². The van der Waals surface area contributed by atoms with E-state index in [4.69, 9.17) is 0 Å². The van der Waals surface area contributed by atoms with Gasteiger partial charge in [-0.15, -0.1) is 3.89 Å². The van der Waals surface area contributed by atoms with Crippen LogP contribution in [-0.4, -0.2) is 24.4 Å². The molecule has 4 nitrogen and oxygen atoms in total. The zero-order chi connectivity index (χ0) is 11.7. The van der Waals surface area contributed by atoms with Crippen LogP contribution in [0.25, 0.3) is 0 Å². The molecular weight excluding hydrogens is 240 g/mol. The molecule has 1 rings (SSSR count). The van der Waals surface area contributed by atoms with Crippen molar-refractivity contribution in [1.29, 1.82) is 0 Å². The first-order chi connectivity index (χ1) is 6.70. The average molecular weight is 246 g/mol. The number of alkyl halides is 3. The monoisotopic (exact) mass is 246 g/mol. The van der Waals surface area contributed by atoms with E-state index in [-0.39, 0.29) is 5.56 Å². The van der Waals surface area contributed by atoms with Crippen LogP contribution in [-0.2, 0) is 22.8 Å². The average Bonchev–Trinajstić information content (AvgIpc) is 2.45. The lowest BCUT2D eigenvalue weighted by molar-refractivity contribution is -0.141. The number of rotatable bonds is 3. The Labute approximate surface area is 82.5 Å². The number of aromatic amines is 1. The molecule has 0 radical (unpaired) electrons. The zero-order valence-corrected chi connectivity index (χ0v) is 7.99. The van der Waals surface area contributed by atoms with Crippen molar-refractivity contribution in [3.8, 4) is 0 Å². The molecule has 0 aliphatic rings. The van der Waals surface area contributed by atoms with Gasteiger partial charge in [-0.1, -0.05) is 0 Å². The van der Waals surface area contributed by atoms with Gasteiger partial charge in [-0.2, -0.15) is 26.7 Å². The first-order valence-electron chi connectivity index (χ1n) is 3.72. The van der Waals surface area contributed by atoms with E-state index in [1.807, 2.05) is 0 Å². The standard InChI is InChI=1S/C6H6F4N2O2S/c7-6(8,9)5-4(3-11-12-5)1-2-15(10,13)14/h3H,1-2H2,(H,11,12). The summed E-state index contributed by atoms with van der Waals surface area (Å²) in [7, 11) is -4.77. The number of hydrogen-bond donors (Lipinski definition) is 1. The second-order valence-electron chi connectivity index (χ2n) is 2.76. The number of halogens is 4. The van der Waals surface area contributed by atoms with Gasteiger partial charge in [-0.3, -0.25) is 5.10 Å². The number of nitrogens with one attached hydrogen (secondary N) is 1. The van der Waals surface area contributed by atoms with Crippen LogP contribution in [0.1, 0.15) is 11.3 Å². The van der Waals surface area contributed by atoms with Gasteiger partial charge in [0.25, 0.3) is 0 Å². The fourth-order valence-electron chi connectivity index (χ4n) is 0.978. The predicted octanol–water partition coefficient (Wildman–Crippen LogP) is 1.27. The molecule has 0 fully saturated rings. The van der Waals surface area contributed by atoms with Crippen LogP contribution in [0.4, 0.5) is 17.1 Å². The molecule has 0 aromatic carbocycles. The molecule has 0 unspecified atom stereocenters. The fourth-order valence-corrected chi connectivity index (χ4v) is 1.44. The summed E-state index contributed by atoms with van der Waals surface area (Å²) in [5.74, 6) is -0.990. The van der Waals surface area contributed by atoms with Gasteiger partial charge < -0.3 is 0 Å². The van der Waals surface area contributed by atoms with E-state index in [1.54, 1.807) is 5.10 Å². The third kappa shape index (κ3) is 3.50. The molecule has 1 heterocycles. The quantitative estimate of drug-likeness (QED) is 0.645. The number of H-pyrrole nitrogens is 1. The van der Waals surface area contributed by atoms with Gasteiger partial charge in [-0.05, 0) is 6.42 Å². The molecular formula is C6H6F4N2O2S. The van der Waals surface area contributed by atoms with Crippen molar-refractivity contribution in [1.82, 2.24) is 10.2 Å². The molecule has 0 saturated heterocycles. The Morgan fingerprint density at radius 2 is 2.00 bits per heavy atom. The summed E-state index contributed by atoms with van der Waals surface area (Å²) in [6.45, 7) is 0. The van der Waals surface area contributed by atoms with Gasteiger partial charge in [-0.25, -0.2) is 0 Å². The topological polar surface area (TPSA) is 62.8 Å². The Balaban J connectivity index is 2.84. The van der Waals surface area contributed by atoms with Gasteiger partial charge in [0.15, 0.2) is 0 Å². The highest BCUT2D eigenvalue weighted by molar-refractivity contribution is 7.86. The molecule has 0 aliphatic heterocycles. The first-order valence-corrected chi connectivity index (χ1v) is 5.27. The highest BCUT2D eigenvalue weighted by Crippen LogP contribution is 2.30. The Bertz CT molecular complexity index is 436. The molecule has 0 saturated carbocycles. The van der Waals surface area contributed by atoms with E-state index in [9.17, 15) is 25.5 Å². The van der Waals surface area contributed by atoms with E-state index in [0.717, 1.165) is 6.20 Å². The van der Waals surface area contributed by atoms with Gasteiger partial charge in [0, 0.05) is 5.56 Å². The first kappa shape index (κ1) is 12.0. The van der Waals surface area contributed by atoms with Crippen LogP contribution in [0.5, 0.6) is 0 Å². The summed E-state index contributed by atoms with van der Waals surface area (Å²) in [5, 5.41) is 4.82. The van der Waals surface area contributed by atoms with Crippen molar-refractivity contribution in [2.75, 3.05) is 5.75 Å². The number of aryl methyl sites for hydroxylation is 1. The fraction of sp³-hybridized carbons (Fsp3) is 0.500. The molecule has 9 heteroatoms. The summed E-state index contributed by atoms with van der Waals surface area (Å²) in [6, 6.07) is 0. The second-order valence-corrected chi connectivity index (χ2v) is 4.25. The molecule has 0 bridgehead atoms. The van der Waals surface area contributed by atoms with E-state index in [1.165, 1.54) is 0 Å². The summed E-state index contributed by atoms with van der Waals surface area (Å²) < 4.78 is 68.8. The minimum Gasteiger partial charge on any atom is -0.273 e. The normalized spacial score (nSPS) is 13.1. The molecule has 0 spiro atoms. The summed E-state index contributed by atoms with van der Waals surface area (Å²) >= 11 is 0. The molecule has 1 aromatic heterocycles. The molecule has 0 atom stereocenters. The number of hydrogen-bond acceptors (Lipinski definition) is 3. The van der Waals surface area contributed by atoms with Crippen LogP contribution in [0.15, 0.2) is 6.20 Å². The lowest BCUT2D eigenvalue weighted by Gasteiger charge is -2.05. The van der Waals surface area contributed by atoms with Crippen molar-refractivity contribution in [3.63, 3.8) is 0 Å². The highest BCUT2D eigenvalue weighted by Gasteiger charge is 2.35. The molecule has 1 aromatic rings. The molecule has 86 valence electrons. The maximum Gasteiger partial charge on any atom is 0.433 e. The third-order valence-electron chi connectivity index (χ3n) is 1.62. The van der Waals surface area contributed by atoms with Crippen molar-refractivity contribution in [2.45, 2.75) is 12.6 Å². The van der Waals surface area contributed by atoms with E-state index in [0.29, 0.717) is 0 Å². The van der Waals surface area contributed by atoms with Crippen LogP contribution in [0, 0.1) is 0 Å². The van der Waals surface area contributed by atoms with Crippen molar-refractivity contribution < 1.29 is 25.5 Å². The number of aromatic nitrogens is 2. The Morgan fingerprint density at radius 1 is 1.40 bits per heavy atom. The maximum atomic E-state index is 12.2. The highest BCUT2D eigenvalue weighted by atomic mass is 32.3. The second kappa shape index (κ2) is 3.80. The van der Waals surface area contributed by atoms with Crippen LogP contribution in [0.2, 0.25) is 0 Å². The molecule has 0 aliphatic carbocycles. The summed E-state index contributed by atoms with van der Waals surface area (Å²) in [4.78, 5) is 0. The SMILES string of the molecule is O=S(=O)(F)CCc1cn[nH]c1C(F)(F)F. The largest absolute Gasteiger partial charge is 0.433 e.